The summed E-state index contributed by atoms with van der Waals surface area (Å²) in [6.45, 7) is 1.37. The van der Waals surface area contributed by atoms with Crippen LogP contribution in [0.1, 0.15) is 57.8 Å². The third-order valence-corrected chi connectivity index (χ3v) is 6.62. The molecule has 3 rings (SSSR count). The molecule has 2 aliphatic carbocycles. The Hall–Kier alpha value is 0.270. The second-order valence-electron chi connectivity index (χ2n) is 6.27. The molecule has 2 nitrogen and oxygen atoms in total. The van der Waals surface area contributed by atoms with Crippen molar-refractivity contribution in [2.75, 3.05) is 6.54 Å². The molecular formula is C14H27N2S+. The lowest BCUT2D eigenvalue weighted by Crippen LogP contribution is -3.19. The lowest BCUT2D eigenvalue weighted by Gasteiger charge is -2.32. The Balaban J connectivity index is 1.60. The zero-order valence-electron chi connectivity index (χ0n) is 10.9. The summed E-state index contributed by atoms with van der Waals surface area (Å²) in [7, 11) is 0. The maximum Gasteiger partial charge on any atom is 0.187 e. The van der Waals surface area contributed by atoms with Crippen molar-refractivity contribution in [3.8, 4) is 0 Å². The van der Waals surface area contributed by atoms with Crippen molar-refractivity contribution in [2.45, 2.75) is 74.6 Å². The Morgan fingerprint density at radius 1 is 0.941 bits per heavy atom. The molecule has 17 heavy (non-hydrogen) atoms. The Labute approximate surface area is 110 Å². The quantitative estimate of drug-likeness (QED) is 0.787. The summed E-state index contributed by atoms with van der Waals surface area (Å²) >= 11 is 2.09. The Bertz CT molecular complexity index is 253. The van der Waals surface area contributed by atoms with Gasteiger partial charge in [0.2, 0.25) is 0 Å². The van der Waals surface area contributed by atoms with Gasteiger partial charge in [-0.25, -0.2) is 0 Å². The molecule has 0 aromatic carbocycles. The highest BCUT2D eigenvalue weighted by Gasteiger charge is 2.45. The number of fused-ring (bicyclic) bond motifs is 1. The summed E-state index contributed by atoms with van der Waals surface area (Å²) in [5.41, 5.74) is 6.76. The van der Waals surface area contributed by atoms with Crippen molar-refractivity contribution in [2.24, 2.45) is 11.7 Å². The van der Waals surface area contributed by atoms with Gasteiger partial charge in [0.25, 0.3) is 0 Å². The molecule has 2 saturated carbocycles. The van der Waals surface area contributed by atoms with Crippen LogP contribution in [0.3, 0.4) is 0 Å². The van der Waals surface area contributed by atoms with E-state index in [-0.39, 0.29) is 0 Å². The first kappa shape index (κ1) is 12.3. The minimum absolute atomic E-state index is 0.380. The van der Waals surface area contributed by atoms with Crippen LogP contribution < -0.4 is 10.6 Å². The van der Waals surface area contributed by atoms with E-state index in [4.69, 9.17) is 5.73 Å². The van der Waals surface area contributed by atoms with E-state index in [1.807, 2.05) is 0 Å². The van der Waals surface area contributed by atoms with E-state index in [0.717, 1.165) is 17.2 Å². The fourth-order valence-corrected chi connectivity index (χ4v) is 5.79. The second kappa shape index (κ2) is 5.50. The zero-order chi connectivity index (χ0) is 11.7. The van der Waals surface area contributed by atoms with Crippen LogP contribution in [-0.4, -0.2) is 23.3 Å². The van der Waals surface area contributed by atoms with Gasteiger partial charge in [-0.2, -0.15) is 0 Å². The van der Waals surface area contributed by atoms with E-state index in [9.17, 15) is 0 Å². The summed E-state index contributed by atoms with van der Waals surface area (Å²) in [5, 5.41) is 0.886. The van der Waals surface area contributed by atoms with Crippen molar-refractivity contribution in [3.05, 3.63) is 0 Å². The molecule has 0 spiro atoms. The number of rotatable bonds is 2. The van der Waals surface area contributed by atoms with Crippen LogP contribution >= 0.6 is 11.8 Å². The number of hydrogen-bond donors (Lipinski definition) is 2. The molecule has 1 aliphatic heterocycles. The SMILES string of the molecule is NC1SC2CCCCC2[NH+]1CC1CCCCC1. The summed E-state index contributed by atoms with van der Waals surface area (Å²) in [6, 6.07) is 0.894. The van der Waals surface area contributed by atoms with E-state index < -0.39 is 0 Å². The lowest BCUT2D eigenvalue weighted by molar-refractivity contribution is -0.933. The molecular weight excluding hydrogens is 228 g/mol. The number of hydrogen-bond acceptors (Lipinski definition) is 2. The predicted molar refractivity (Wildman–Crippen MR) is 74.0 cm³/mol. The molecule has 1 saturated heterocycles. The standard InChI is InChI=1S/C14H26N2S/c15-14-16(10-11-6-2-1-3-7-11)12-8-4-5-9-13(12)17-14/h11-14H,1-10,15H2/p+1. The van der Waals surface area contributed by atoms with Gasteiger partial charge in [0.05, 0.1) is 11.8 Å². The molecule has 0 aromatic heterocycles. The summed E-state index contributed by atoms with van der Waals surface area (Å²) < 4.78 is 0. The number of thioether (sulfide) groups is 1. The molecule has 3 N–H and O–H groups in total. The first-order valence-electron chi connectivity index (χ1n) is 7.61. The Morgan fingerprint density at radius 3 is 2.47 bits per heavy atom. The van der Waals surface area contributed by atoms with Crippen LogP contribution in [0.5, 0.6) is 0 Å². The van der Waals surface area contributed by atoms with Crippen LogP contribution in [0, 0.1) is 5.92 Å². The van der Waals surface area contributed by atoms with E-state index in [1.165, 1.54) is 64.3 Å². The van der Waals surface area contributed by atoms with E-state index in [0.29, 0.717) is 5.50 Å². The maximum absolute atomic E-state index is 6.38. The highest BCUT2D eigenvalue weighted by atomic mass is 32.2. The zero-order valence-corrected chi connectivity index (χ0v) is 11.7. The van der Waals surface area contributed by atoms with Gasteiger partial charge in [0.15, 0.2) is 5.50 Å². The van der Waals surface area contributed by atoms with Crippen molar-refractivity contribution in [3.63, 3.8) is 0 Å². The van der Waals surface area contributed by atoms with E-state index >= 15 is 0 Å². The molecule has 3 fully saturated rings. The van der Waals surface area contributed by atoms with Crippen LogP contribution in [0.15, 0.2) is 0 Å². The smallest absolute Gasteiger partial charge is 0.187 e. The molecule has 0 amide bonds. The van der Waals surface area contributed by atoms with Gasteiger partial charge in [-0.3, -0.25) is 5.73 Å². The van der Waals surface area contributed by atoms with Crippen LogP contribution in [0.2, 0.25) is 0 Å². The molecule has 3 heteroatoms. The Kier molecular flexibility index (Phi) is 3.98. The third kappa shape index (κ3) is 2.66. The topological polar surface area (TPSA) is 30.5 Å². The number of quaternary nitrogens is 1. The minimum atomic E-state index is 0.380. The lowest BCUT2D eigenvalue weighted by atomic mass is 9.87. The van der Waals surface area contributed by atoms with Crippen molar-refractivity contribution in [1.82, 2.24) is 0 Å². The van der Waals surface area contributed by atoms with Gasteiger partial charge in [-0.05, 0) is 25.7 Å². The predicted octanol–water partition coefficient (Wildman–Crippen LogP) is 1.75. The summed E-state index contributed by atoms with van der Waals surface area (Å²) in [4.78, 5) is 1.76. The fraction of sp³-hybridized carbons (Fsp3) is 1.00. The molecule has 3 aliphatic rings. The molecule has 0 radical (unpaired) electrons. The first-order chi connectivity index (χ1) is 8.34. The first-order valence-corrected chi connectivity index (χ1v) is 8.55. The highest BCUT2D eigenvalue weighted by Crippen LogP contribution is 2.33. The van der Waals surface area contributed by atoms with Gasteiger partial charge in [-0.1, -0.05) is 37.4 Å². The molecule has 0 bridgehead atoms. The van der Waals surface area contributed by atoms with Crippen molar-refractivity contribution in [1.29, 1.82) is 0 Å². The van der Waals surface area contributed by atoms with Gasteiger partial charge in [-0.15, -0.1) is 0 Å². The van der Waals surface area contributed by atoms with Gasteiger partial charge >= 0.3 is 0 Å². The van der Waals surface area contributed by atoms with Crippen LogP contribution in [0.4, 0.5) is 0 Å². The summed E-state index contributed by atoms with van der Waals surface area (Å²) in [5.74, 6) is 0.978. The van der Waals surface area contributed by atoms with E-state index in [2.05, 4.69) is 11.8 Å². The molecule has 4 atom stereocenters. The van der Waals surface area contributed by atoms with Crippen molar-refractivity contribution >= 4 is 11.8 Å². The van der Waals surface area contributed by atoms with Gasteiger partial charge < -0.3 is 4.90 Å². The molecule has 98 valence electrons. The van der Waals surface area contributed by atoms with Gasteiger partial charge in [0, 0.05) is 12.3 Å². The number of nitrogens with one attached hydrogen (secondary N) is 1. The Morgan fingerprint density at radius 2 is 1.65 bits per heavy atom. The second-order valence-corrected chi connectivity index (χ2v) is 7.65. The molecule has 0 aromatic rings. The molecule has 4 unspecified atom stereocenters. The highest BCUT2D eigenvalue weighted by molar-refractivity contribution is 8.00. The minimum Gasteiger partial charge on any atom is -0.308 e. The maximum atomic E-state index is 6.38. The largest absolute Gasteiger partial charge is 0.308 e. The average molecular weight is 255 g/mol. The summed E-state index contributed by atoms with van der Waals surface area (Å²) in [6.07, 6.45) is 13.1. The monoisotopic (exact) mass is 255 g/mol. The average Bonchev–Trinajstić information content (AvgIpc) is 2.68. The van der Waals surface area contributed by atoms with Crippen LogP contribution in [-0.2, 0) is 0 Å². The van der Waals surface area contributed by atoms with Crippen molar-refractivity contribution < 1.29 is 4.90 Å². The molecule has 1 heterocycles. The van der Waals surface area contributed by atoms with E-state index in [1.54, 1.807) is 4.90 Å². The third-order valence-electron chi connectivity index (χ3n) is 5.11. The number of nitrogens with two attached hydrogens (primary N) is 1. The normalized spacial score (nSPS) is 43.6. The fourth-order valence-electron chi connectivity index (χ4n) is 4.16. The van der Waals surface area contributed by atoms with Gasteiger partial charge in [0.1, 0.15) is 6.04 Å². The van der Waals surface area contributed by atoms with Crippen LogP contribution in [0.25, 0.3) is 0 Å².